The summed E-state index contributed by atoms with van der Waals surface area (Å²) < 4.78 is 0. The van der Waals surface area contributed by atoms with Crippen LogP contribution in [0.25, 0.3) is 0 Å². The van der Waals surface area contributed by atoms with E-state index in [9.17, 15) is 0 Å². The van der Waals surface area contributed by atoms with Gasteiger partial charge < -0.3 is 4.90 Å². The predicted molar refractivity (Wildman–Crippen MR) is 86.6 cm³/mol. The lowest BCUT2D eigenvalue weighted by Crippen LogP contribution is -2.31. The molecule has 0 bridgehead atoms. The smallest absolute Gasteiger partial charge is 0.0465 e. The van der Waals surface area contributed by atoms with Crippen molar-refractivity contribution in [2.24, 2.45) is 0 Å². The highest BCUT2D eigenvalue weighted by Gasteiger charge is 2.16. The molecule has 0 N–H and O–H groups in total. The number of nitrogens with zero attached hydrogens (tertiary/aromatic N) is 2. The molecule has 0 saturated carbocycles. The molecule has 2 nitrogen and oxygen atoms in total. The van der Waals surface area contributed by atoms with Crippen molar-refractivity contribution in [1.82, 2.24) is 9.80 Å². The van der Waals surface area contributed by atoms with Gasteiger partial charge in [-0.3, -0.25) is 4.90 Å². The fraction of sp³-hybridized carbons (Fsp3) is 0.571. The van der Waals surface area contributed by atoms with E-state index in [2.05, 4.69) is 25.7 Å². The minimum atomic E-state index is 0.772. The number of hydrogen-bond acceptors (Lipinski definition) is 2. The second kappa shape index (κ2) is 7.84. The quantitative estimate of drug-likeness (QED) is 0.746. The van der Waals surface area contributed by atoms with Crippen molar-refractivity contribution in [2.45, 2.75) is 13.0 Å². The summed E-state index contributed by atoms with van der Waals surface area (Å²) in [6, 6.07) is 5.73. The fourth-order valence-corrected chi connectivity index (χ4v) is 3.45. The van der Waals surface area contributed by atoms with Gasteiger partial charge >= 0.3 is 0 Å². The molecule has 1 aromatic carbocycles. The van der Waals surface area contributed by atoms with Crippen LogP contribution in [0.3, 0.4) is 0 Å². The summed E-state index contributed by atoms with van der Waals surface area (Å²) in [5.74, 6) is 0. The standard InChI is InChI=1S/C14H19BrCl2N2/c15-5-8-18-6-2-7-19(10-9-18)11-12-13(16)3-1-4-14(12)17/h1,3-4H,2,5-11H2. The van der Waals surface area contributed by atoms with E-state index >= 15 is 0 Å². The molecule has 0 aromatic heterocycles. The maximum atomic E-state index is 6.24. The highest BCUT2D eigenvalue weighted by molar-refractivity contribution is 9.09. The van der Waals surface area contributed by atoms with Gasteiger partial charge in [-0.1, -0.05) is 45.2 Å². The van der Waals surface area contributed by atoms with Gasteiger partial charge in [0.2, 0.25) is 0 Å². The minimum absolute atomic E-state index is 0.772. The van der Waals surface area contributed by atoms with Crippen LogP contribution in [-0.2, 0) is 6.54 Å². The van der Waals surface area contributed by atoms with Gasteiger partial charge in [0.1, 0.15) is 0 Å². The average molecular weight is 366 g/mol. The van der Waals surface area contributed by atoms with Crippen molar-refractivity contribution in [2.75, 3.05) is 38.1 Å². The Balaban J connectivity index is 1.96. The molecule has 1 aliphatic heterocycles. The van der Waals surface area contributed by atoms with Crippen molar-refractivity contribution in [3.8, 4) is 0 Å². The van der Waals surface area contributed by atoms with E-state index in [4.69, 9.17) is 23.2 Å². The molecule has 19 heavy (non-hydrogen) atoms. The molecule has 1 saturated heterocycles. The summed E-state index contributed by atoms with van der Waals surface area (Å²) in [5.41, 5.74) is 1.06. The van der Waals surface area contributed by atoms with Crippen LogP contribution in [0, 0.1) is 0 Å². The van der Waals surface area contributed by atoms with E-state index in [0.717, 1.165) is 53.7 Å². The van der Waals surface area contributed by atoms with E-state index in [0.29, 0.717) is 0 Å². The number of halogens is 3. The molecule has 1 aliphatic rings. The molecule has 1 aromatic rings. The average Bonchev–Trinajstić information content (AvgIpc) is 2.60. The van der Waals surface area contributed by atoms with Gasteiger partial charge in [0.15, 0.2) is 0 Å². The minimum Gasteiger partial charge on any atom is -0.301 e. The van der Waals surface area contributed by atoms with Crippen molar-refractivity contribution >= 4 is 39.1 Å². The molecule has 2 rings (SSSR count). The van der Waals surface area contributed by atoms with Gasteiger partial charge in [-0.15, -0.1) is 0 Å². The van der Waals surface area contributed by atoms with Crippen molar-refractivity contribution in [3.63, 3.8) is 0 Å². The number of alkyl halides is 1. The lowest BCUT2D eigenvalue weighted by Gasteiger charge is -2.22. The van der Waals surface area contributed by atoms with Crippen LogP contribution in [0.2, 0.25) is 10.0 Å². The monoisotopic (exact) mass is 364 g/mol. The van der Waals surface area contributed by atoms with Crippen LogP contribution in [0.4, 0.5) is 0 Å². The van der Waals surface area contributed by atoms with Crippen molar-refractivity contribution < 1.29 is 0 Å². The summed E-state index contributed by atoms with van der Waals surface area (Å²) in [6.45, 7) is 6.46. The Hall–Kier alpha value is 0.200. The van der Waals surface area contributed by atoms with E-state index in [1.807, 2.05) is 18.2 Å². The first kappa shape index (κ1) is 15.6. The van der Waals surface area contributed by atoms with Crippen LogP contribution in [0.15, 0.2) is 18.2 Å². The van der Waals surface area contributed by atoms with Crippen LogP contribution in [-0.4, -0.2) is 47.9 Å². The fourth-order valence-electron chi connectivity index (χ4n) is 2.43. The first-order chi connectivity index (χ1) is 9.20. The summed E-state index contributed by atoms with van der Waals surface area (Å²) in [6.07, 6.45) is 1.20. The number of benzene rings is 1. The molecular weight excluding hydrogens is 347 g/mol. The van der Waals surface area contributed by atoms with Gasteiger partial charge in [-0.25, -0.2) is 0 Å². The van der Waals surface area contributed by atoms with E-state index < -0.39 is 0 Å². The lowest BCUT2D eigenvalue weighted by molar-refractivity contribution is 0.258. The van der Waals surface area contributed by atoms with Gasteiger partial charge in [0.25, 0.3) is 0 Å². The third-order valence-electron chi connectivity index (χ3n) is 3.53. The Morgan fingerprint density at radius 3 is 2.32 bits per heavy atom. The second-order valence-corrected chi connectivity index (χ2v) is 6.47. The zero-order valence-corrected chi connectivity index (χ0v) is 14.0. The molecule has 106 valence electrons. The van der Waals surface area contributed by atoms with Crippen molar-refractivity contribution in [1.29, 1.82) is 0 Å². The zero-order valence-electron chi connectivity index (χ0n) is 10.9. The third kappa shape index (κ3) is 4.61. The normalized spacial score (nSPS) is 18.5. The number of rotatable bonds is 4. The van der Waals surface area contributed by atoms with Gasteiger partial charge in [0.05, 0.1) is 0 Å². The van der Waals surface area contributed by atoms with Crippen LogP contribution < -0.4 is 0 Å². The first-order valence-corrected chi connectivity index (χ1v) is 8.52. The molecule has 0 spiro atoms. The topological polar surface area (TPSA) is 6.48 Å². The van der Waals surface area contributed by atoms with Crippen molar-refractivity contribution in [3.05, 3.63) is 33.8 Å². The van der Waals surface area contributed by atoms with Crippen LogP contribution >= 0.6 is 39.1 Å². The molecule has 1 heterocycles. The Kier molecular flexibility index (Phi) is 6.43. The molecule has 0 aliphatic carbocycles. The van der Waals surface area contributed by atoms with E-state index in [1.165, 1.54) is 13.0 Å². The van der Waals surface area contributed by atoms with Crippen LogP contribution in [0.5, 0.6) is 0 Å². The summed E-state index contributed by atoms with van der Waals surface area (Å²) in [7, 11) is 0. The number of hydrogen-bond donors (Lipinski definition) is 0. The Bertz CT molecular complexity index is 394. The zero-order chi connectivity index (χ0) is 13.7. The van der Waals surface area contributed by atoms with E-state index in [1.54, 1.807) is 0 Å². The molecular formula is C14H19BrCl2N2. The molecule has 0 radical (unpaired) electrons. The van der Waals surface area contributed by atoms with Gasteiger partial charge in [-0.2, -0.15) is 0 Å². The summed E-state index contributed by atoms with van der Waals surface area (Å²) in [4.78, 5) is 4.95. The molecule has 0 amide bonds. The predicted octanol–water partition coefficient (Wildman–Crippen LogP) is 3.90. The molecule has 0 atom stereocenters. The maximum Gasteiger partial charge on any atom is 0.0465 e. The van der Waals surface area contributed by atoms with Gasteiger partial charge in [0, 0.05) is 47.1 Å². The maximum absolute atomic E-state index is 6.24. The summed E-state index contributed by atoms with van der Waals surface area (Å²) in [5, 5.41) is 2.59. The molecule has 1 fully saturated rings. The first-order valence-electron chi connectivity index (χ1n) is 6.64. The highest BCUT2D eigenvalue weighted by atomic mass is 79.9. The van der Waals surface area contributed by atoms with Gasteiger partial charge in [-0.05, 0) is 31.6 Å². The SMILES string of the molecule is Clc1cccc(Cl)c1CN1CCCN(CCBr)CC1. The third-order valence-corrected chi connectivity index (χ3v) is 4.59. The van der Waals surface area contributed by atoms with E-state index in [-0.39, 0.29) is 0 Å². The highest BCUT2D eigenvalue weighted by Crippen LogP contribution is 2.26. The Morgan fingerprint density at radius 1 is 1.00 bits per heavy atom. The van der Waals surface area contributed by atoms with Crippen LogP contribution in [0.1, 0.15) is 12.0 Å². The molecule has 0 unspecified atom stereocenters. The summed E-state index contributed by atoms with van der Waals surface area (Å²) >= 11 is 16.0. The Morgan fingerprint density at radius 2 is 1.63 bits per heavy atom. The second-order valence-electron chi connectivity index (χ2n) is 4.86. The largest absolute Gasteiger partial charge is 0.301 e. The lowest BCUT2D eigenvalue weighted by atomic mass is 10.2. The molecule has 5 heteroatoms. The Labute approximate surface area is 133 Å².